The van der Waals surface area contributed by atoms with Crippen molar-refractivity contribution in [1.82, 2.24) is 9.97 Å². The van der Waals surface area contributed by atoms with Crippen LogP contribution in [0, 0.1) is 0 Å². The SMILES string of the molecule is C=CCNc1nc(Nc2ccc3c(c2)OCCO3)cc(-c2ccccc2)n1. The second-order valence-electron chi connectivity index (χ2n) is 5.98. The molecule has 1 aromatic heterocycles. The molecular formula is C21H20N4O2. The molecule has 2 N–H and O–H groups in total. The zero-order valence-electron chi connectivity index (χ0n) is 14.8. The summed E-state index contributed by atoms with van der Waals surface area (Å²) in [6, 6.07) is 17.7. The van der Waals surface area contributed by atoms with Gasteiger partial charge in [0.2, 0.25) is 5.95 Å². The van der Waals surface area contributed by atoms with Gasteiger partial charge in [-0.2, -0.15) is 4.98 Å². The zero-order chi connectivity index (χ0) is 18.5. The normalized spacial score (nSPS) is 12.3. The number of hydrogen-bond acceptors (Lipinski definition) is 6. The predicted octanol–water partition coefficient (Wildman–Crippen LogP) is 4.26. The Labute approximate surface area is 157 Å². The van der Waals surface area contributed by atoms with Crippen LogP contribution in [0.1, 0.15) is 0 Å². The lowest BCUT2D eigenvalue weighted by Gasteiger charge is -2.19. The summed E-state index contributed by atoms with van der Waals surface area (Å²) in [5, 5.41) is 6.48. The summed E-state index contributed by atoms with van der Waals surface area (Å²) < 4.78 is 11.2. The molecule has 1 aliphatic heterocycles. The third-order valence-corrected chi connectivity index (χ3v) is 4.01. The highest BCUT2D eigenvalue weighted by molar-refractivity contribution is 5.68. The van der Waals surface area contributed by atoms with Crippen LogP contribution in [0.15, 0.2) is 67.3 Å². The number of nitrogens with one attached hydrogen (secondary N) is 2. The maximum absolute atomic E-state index is 5.65. The van der Waals surface area contributed by atoms with Crippen molar-refractivity contribution in [2.45, 2.75) is 0 Å². The van der Waals surface area contributed by atoms with E-state index < -0.39 is 0 Å². The van der Waals surface area contributed by atoms with E-state index in [0.717, 1.165) is 28.4 Å². The van der Waals surface area contributed by atoms with E-state index >= 15 is 0 Å². The van der Waals surface area contributed by atoms with E-state index in [1.54, 1.807) is 6.08 Å². The summed E-state index contributed by atoms with van der Waals surface area (Å²) in [5.41, 5.74) is 2.72. The van der Waals surface area contributed by atoms with E-state index in [1.165, 1.54) is 0 Å². The third kappa shape index (κ3) is 4.00. The molecule has 6 heteroatoms. The van der Waals surface area contributed by atoms with Gasteiger partial charge in [0, 0.05) is 29.9 Å². The Morgan fingerprint density at radius 3 is 2.59 bits per heavy atom. The molecule has 6 nitrogen and oxygen atoms in total. The van der Waals surface area contributed by atoms with E-state index in [9.17, 15) is 0 Å². The average Bonchev–Trinajstić information content (AvgIpc) is 2.72. The Kier molecular flexibility index (Phi) is 4.87. The molecule has 0 saturated carbocycles. The zero-order valence-corrected chi connectivity index (χ0v) is 14.8. The lowest BCUT2D eigenvalue weighted by molar-refractivity contribution is 0.171. The van der Waals surface area contributed by atoms with Gasteiger partial charge in [-0.25, -0.2) is 4.98 Å². The van der Waals surface area contributed by atoms with E-state index in [1.807, 2.05) is 54.6 Å². The number of hydrogen-bond donors (Lipinski definition) is 2. The Balaban J connectivity index is 1.65. The molecule has 136 valence electrons. The topological polar surface area (TPSA) is 68.3 Å². The van der Waals surface area contributed by atoms with Gasteiger partial charge in [-0.1, -0.05) is 36.4 Å². The molecule has 0 aliphatic carbocycles. The minimum Gasteiger partial charge on any atom is -0.486 e. The fourth-order valence-corrected chi connectivity index (χ4v) is 2.78. The highest BCUT2D eigenvalue weighted by Gasteiger charge is 2.13. The van der Waals surface area contributed by atoms with Crippen LogP contribution in [-0.2, 0) is 0 Å². The Morgan fingerprint density at radius 1 is 0.963 bits per heavy atom. The molecule has 0 radical (unpaired) electrons. The van der Waals surface area contributed by atoms with Crippen molar-refractivity contribution < 1.29 is 9.47 Å². The van der Waals surface area contributed by atoms with Crippen molar-refractivity contribution >= 4 is 17.5 Å². The van der Waals surface area contributed by atoms with Gasteiger partial charge >= 0.3 is 0 Å². The fourth-order valence-electron chi connectivity index (χ4n) is 2.78. The van der Waals surface area contributed by atoms with Crippen LogP contribution < -0.4 is 20.1 Å². The molecule has 0 saturated heterocycles. The number of aromatic nitrogens is 2. The summed E-state index contributed by atoms with van der Waals surface area (Å²) in [4.78, 5) is 9.15. The predicted molar refractivity (Wildman–Crippen MR) is 107 cm³/mol. The van der Waals surface area contributed by atoms with Gasteiger partial charge in [0.1, 0.15) is 19.0 Å². The van der Waals surface area contributed by atoms with Gasteiger partial charge in [-0.15, -0.1) is 6.58 Å². The molecule has 0 unspecified atom stereocenters. The van der Waals surface area contributed by atoms with Gasteiger partial charge in [0.15, 0.2) is 11.5 Å². The van der Waals surface area contributed by atoms with Crippen LogP contribution in [-0.4, -0.2) is 29.7 Å². The van der Waals surface area contributed by atoms with Crippen LogP contribution in [0.5, 0.6) is 11.5 Å². The van der Waals surface area contributed by atoms with Crippen molar-refractivity contribution in [2.24, 2.45) is 0 Å². The van der Waals surface area contributed by atoms with Crippen LogP contribution in [0.4, 0.5) is 17.5 Å². The van der Waals surface area contributed by atoms with Crippen molar-refractivity contribution in [3.8, 4) is 22.8 Å². The van der Waals surface area contributed by atoms with Gasteiger partial charge in [-0.05, 0) is 12.1 Å². The maximum atomic E-state index is 5.65. The number of rotatable bonds is 6. The number of benzene rings is 2. The first kappa shape index (κ1) is 16.9. The molecule has 0 atom stereocenters. The third-order valence-electron chi connectivity index (χ3n) is 4.01. The second kappa shape index (κ2) is 7.78. The molecule has 3 aromatic rings. The molecule has 2 heterocycles. The summed E-state index contributed by atoms with van der Waals surface area (Å²) in [6.45, 7) is 5.44. The first-order valence-corrected chi connectivity index (χ1v) is 8.78. The Hall–Kier alpha value is -3.54. The maximum Gasteiger partial charge on any atom is 0.225 e. The van der Waals surface area contributed by atoms with Gasteiger partial charge in [0.25, 0.3) is 0 Å². The molecule has 4 rings (SSSR count). The second-order valence-corrected chi connectivity index (χ2v) is 5.98. The largest absolute Gasteiger partial charge is 0.486 e. The van der Waals surface area contributed by atoms with Crippen LogP contribution in [0.25, 0.3) is 11.3 Å². The van der Waals surface area contributed by atoms with Gasteiger partial charge < -0.3 is 20.1 Å². The molecule has 2 aromatic carbocycles. The first-order chi connectivity index (χ1) is 13.3. The molecule has 0 spiro atoms. The average molecular weight is 360 g/mol. The smallest absolute Gasteiger partial charge is 0.225 e. The number of anilines is 3. The first-order valence-electron chi connectivity index (χ1n) is 8.78. The summed E-state index contributed by atoms with van der Waals surface area (Å²) in [6.07, 6.45) is 1.77. The number of ether oxygens (including phenoxy) is 2. The van der Waals surface area contributed by atoms with Crippen molar-refractivity contribution in [3.05, 3.63) is 67.3 Å². The van der Waals surface area contributed by atoms with Crippen LogP contribution in [0.3, 0.4) is 0 Å². The van der Waals surface area contributed by atoms with E-state index in [4.69, 9.17) is 9.47 Å². The monoisotopic (exact) mass is 360 g/mol. The molecular weight excluding hydrogens is 340 g/mol. The van der Waals surface area contributed by atoms with E-state index in [-0.39, 0.29) is 0 Å². The van der Waals surface area contributed by atoms with Crippen LogP contribution >= 0.6 is 0 Å². The molecule has 0 amide bonds. The standard InChI is InChI=1S/C21H20N4O2/c1-2-10-22-21-24-17(15-6-4-3-5-7-15)14-20(25-21)23-16-8-9-18-19(13-16)27-12-11-26-18/h2-9,13-14H,1,10-12H2,(H2,22,23,24,25). The highest BCUT2D eigenvalue weighted by atomic mass is 16.6. The molecule has 1 aliphatic rings. The van der Waals surface area contributed by atoms with Crippen molar-refractivity contribution in [3.63, 3.8) is 0 Å². The number of fused-ring (bicyclic) bond motifs is 1. The molecule has 27 heavy (non-hydrogen) atoms. The summed E-state index contributed by atoms with van der Waals surface area (Å²) in [5.74, 6) is 2.71. The van der Waals surface area contributed by atoms with Crippen molar-refractivity contribution in [1.29, 1.82) is 0 Å². The lowest BCUT2D eigenvalue weighted by Crippen LogP contribution is -2.15. The Morgan fingerprint density at radius 2 is 1.78 bits per heavy atom. The van der Waals surface area contributed by atoms with Gasteiger partial charge in [0.05, 0.1) is 5.69 Å². The molecule has 0 bridgehead atoms. The fraction of sp³-hybridized carbons (Fsp3) is 0.143. The Bertz CT molecular complexity index is 944. The lowest BCUT2D eigenvalue weighted by atomic mass is 10.1. The number of nitrogens with zero attached hydrogens (tertiary/aromatic N) is 2. The van der Waals surface area contributed by atoms with Crippen molar-refractivity contribution in [2.75, 3.05) is 30.4 Å². The van der Waals surface area contributed by atoms with E-state index in [0.29, 0.717) is 31.5 Å². The quantitative estimate of drug-likeness (QED) is 0.640. The van der Waals surface area contributed by atoms with Gasteiger partial charge in [-0.3, -0.25) is 0 Å². The minimum absolute atomic E-state index is 0.538. The molecule has 0 fully saturated rings. The summed E-state index contributed by atoms with van der Waals surface area (Å²) >= 11 is 0. The highest BCUT2D eigenvalue weighted by Crippen LogP contribution is 2.33. The minimum atomic E-state index is 0.538. The van der Waals surface area contributed by atoms with E-state index in [2.05, 4.69) is 27.2 Å². The van der Waals surface area contributed by atoms with Crippen LogP contribution in [0.2, 0.25) is 0 Å². The summed E-state index contributed by atoms with van der Waals surface area (Å²) in [7, 11) is 0.